The molecule has 0 aliphatic carbocycles. The number of carbonyl (C=O) groups is 2. The van der Waals surface area contributed by atoms with Crippen molar-refractivity contribution in [1.29, 1.82) is 0 Å². The van der Waals surface area contributed by atoms with Crippen LogP contribution in [0.25, 0.3) is 0 Å². The average Bonchev–Trinajstić information content (AvgIpc) is 2.48. The minimum Gasteiger partial charge on any atom is -0.444 e. The zero-order valence-electron chi connectivity index (χ0n) is 14.1. The Hall–Kier alpha value is -2.08. The number of hydroxylamine groups is 2. The number of ether oxygens (including phenoxy) is 1. The van der Waals surface area contributed by atoms with Gasteiger partial charge in [-0.1, -0.05) is 18.2 Å². The maximum atomic E-state index is 12.1. The smallest absolute Gasteiger partial charge is 0.410 e. The van der Waals surface area contributed by atoms with Gasteiger partial charge in [0.2, 0.25) is 0 Å². The molecule has 1 heterocycles. The van der Waals surface area contributed by atoms with Gasteiger partial charge in [0.15, 0.2) is 0 Å². The van der Waals surface area contributed by atoms with E-state index in [0.717, 1.165) is 0 Å². The van der Waals surface area contributed by atoms with Gasteiger partial charge >= 0.3 is 12.1 Å². The first-order chi connectivity index (χ1) is 10.8. The molecule has 1 unspecified atom stereocenters. The average molecular weight is 320 g/mol. The molecule has 2 rings (SSSR count). The van der Waals surface area contributed by atoms with Gasteiger partial charge in [-0.05, 0) is 39.8 Å². The summed E-state index contributed by atoms with van der Waals surface area (Å²) in [5.74, 6) is -0.386. The van der Waals surface area contributed by atoms with Gasteiger partial charge in [0.25, 0.3) is 0 Å². The second kappa shape index (κ2) is 7.00. The van der Waals surface area contributed by atoms with Gasteiger partial charge in [-0.25, -0.2) is 9.59 Å². The quantitative estimate of drug-likeness (QED) is 0.838. The van der Waals surface area contributed by atoms with Crippen molar-refractivity contribution >= 4 is 12.1 Å². The summed E-state index contributed by atoms with van der Waals surface area (Å²) in [4.78, 5) is 31.3. The number of hydrogen-bond donors (Lipinski definition) is 0. The van der Waals surface area contributed by atoms with Gasteiger partial charge in [0.05, 0.1) is 18.2 Å². The maximum absolute atomic E-state index is 12.1. The third-order valence-corrected chi connectivity index (χ3v) is 3.43. The maximum Gasteiger partial charge on any atom is 0.410 e. The van der Waals surface area contributed by atoms with Crippen molar-refractivity contribution in [3.05, 3.63) is 35.9 Å². The van der Waals surface area contributed by atoms with Crippen molar-refractivity contribution in [2.24, 2.45) is 0 Å². The van der Waals surface area contributed by atoms with Crippen molar-refractivity contribution in [2.45, 2.75) is 39.3 Å². The monoisotopic (exact) mass is 320 g/mol. The Morgan fingerprint density at radius 2 is 1.78 bits per heavy atom. The molecule has 1 atom stereocenters. The fourth-order valence-electron chi connectivity index (χ4n) is 2.30. The molecule has 6 nitrogen and oxygen atoms in total. The molecule has 0 aromatic heterocycles. The molecule has 23 heavy (non-hydrogen) atoms. The van der Waals surface area contributed by atoms with Crippen LogP contribution in [0.15, 0.2) is 30.3 Å². The summed E-state index contributed by atoms with van der Waals surface area (Å²) in [6.45, 7) is 8.80. The number of benzene rings is 1. The first-order valence-electron chi connectivity index (χ1n) is 7.78. The SMILES string of the molecule is CC1CN(C(=O)OC(C)(C)C)CCN1OC(=O)c1ccccc1. The van der Waals surface area contributed by atoms with Crippen molar-refractivity contribution in [3.8, 4) is 0 Å². The highest BCUT2D eigenvalue weighted by Crippen LogP contribution is 2.16. The van der Waals surface area contributed by atoms with Gasteiger partial charge in [-0.2, -0.15) is 0 Å². The van der Waals surface area contributed by atoms with Gasteiger partial charge < -0.3 is 14.5 Å². The number of piperazine rings is 1. The number of amides is 1. The number of hydrogen-bond acceptors (Lipinski definition) is 5. The van der Waals surface area contributed by atoms with Crippen LogP contribution < -0.4 is 0 Å². The zero-order chi connectivity index (χ0) is 17.0. The molecule has 1 aliphatic heterocycles. The van der Waals surface area contributed by atoms with Crippen LogP contribution in [0.3, 0.4) is 0 Å². The molecule has 0 N–H and O–H groups in total. The predicted octanol–water partition coefficient (Wildman–Crippen LogP) is 2.70. The molecule has 1 amide bonds. The van der Waals surface area contributed by atoms with Crippen LogP contribution in [0.5, 0.6) is 0 Å². The number of rotatable bonds is 2. The molecule has 0 bridgehead atoms. The second-order valence-corrected chi connectivity index (χ2v) is 6.66. The van der Waals surface area contributed by atoms with E-state index in [1.165, 1.54) is 0 Å². The lowest BCUT2D eigenvalue weighted by Gasteiger charge is -2.38. The Morgan fingerprint density at radius 1 is 1.13 bits per heavy atom. The molecule has 1 aromatic rings. The van der Waals surface area contributed by atoms with Crippen LogP contribution in [0, 0.1) is 0 Å². The summed E-state index contributed by atoms with van der Waals surface area (Å²) in [5.41, 5.74) is -0.00805. The van der Waals surface area contributed by atoms with Gasteiger partial charge in [0.1, 0.15) is 5.60 Å². The lowest BCUT2D eigenvalue weighted by Crippen LogP contribution is -2.54. The zero-order valence-corrected chi connectivity index (χ0v) is 14.1. The Bertz CT molecular complexity index is 553. The summed E-state index contributed by atoms with van der Waals surface area (Å²) in [5, 5.41) is 1.62. The van der Waals surface area contributed by atoms with E-state index in [1.807, 2.05) is 33.8 Å². The minimum absolute atomic E-state index is 0.0936. The molecule has 0 spiro atoms. The van der Waals surface area contributed by atoms with Crippen molar-refractivity contribution < 1.29 is 19.2 Å². The standard InChI is InChI=1S/C17H24N2O4/c1-13-12-18(16(21)22-17(2,3)4)10-11-19(13)23-15(20)14-8-6-5-7-9-14/h5-9,13H,10-12H2,1-4H3. The van der Waals surface area contributed by atoms with E-state index in [2.05, 4.69) is 0 Å². The van der Waals surface area contributed by atoms with Crippen molar-refractivity contribution in [3.63, 3.8) is 0 Å². The lowest BCUT2D eigenvalue weighted by molar-refractivity contribution is -0.155. The molecule has 1 aliphatic rings. The lowest BCUT2D eigenvalue weighted by atomic mass is 10.2. The van der Waals surface area contributed by atoms with Crippen molar-refractivity contribution in [1.82, 2.24) is 9.96 Å². The van der Waals surface area contributed by atoms with Crippen LogP contribution >= 0.6 is 0 Å². The second-order valence-electron chi connectivity index (χ2n) is 6.66. The molecule has 1 aromatic carbocycles. The highest BCUT2D eigenvalue weighted by atomic mass is 16.7. The van der Waals surface area contributed by atoms with E-state index in [1.54, 1.807) is 34.2 Å². The van der Waals surface area contributed by atoms with Gasteiger partial charge in [-0.3, -0.25) is 0 Å². The van der Waals surface area contributed by atoms with Crippen molar-refractivity contribution in [2.75, 3.05) is 19.6 Å². The number of carbonyl (C=O) groups excluding carboxylic acids is 2. The number of nitrogens with zero attached hydrogens (tertiary/aromatic N) is 2. The highest BCUT2D eigenvalue weighted by Gasteiger charge is 2.31. The van der Waals surface area contributed by atoms with Gasteiger partial charge in [-0.15, -0.1) is 5.06 Å². The Labute approximate surface area is 136 Å². The van der Waals surface area contributed by atoms with Gasteiger partial charge in [0, 0.05) is 13.1 Å². The molecule has 0 radical (unpaired) electrons. The summed E-state index contributed by atoms with van der Waals surface area (Å²) >= 11 is 0. The molecule has 126 valence electrons. The fraction of sp³-hybridized carbons (Fsp3) is 0.529. The summed E-state index contributed by atoms with van der Waals surface area (Å²) in [6, 6.07) is 8.76. The van der Waals surface area contributed by atoms with Crippen LogP contribution in [0.4, 0.5) is 4.79 Å². The molecule has 1 saturated heterocycles. The molecular weight excluding hydrogens is 296 g/mol. The molecule has 6 heteroatoms. The molecule has 0 saturated carbocycles. The molecule has 1 fully saturated rings. The first-order valence-corrected chi connectivity index (χ1v) is 7.78. The third-order valence-electron chi connectivity index (χ3n) is 3.43. The predicted molar refractivity (Wildman–Crippen MR) is 85.8 cm³/mol. The van der Waals surface area contributed by atoms with Crippen LogP contribution in [-0.4, -0.2) is 53.3 Å². The Morgan fingerprint density at radius 3 is 2.35 bits per heavy atom. The summed E-state index contributed by atoms with van der Waals surface area (Å²) in [7, 11) is 0. The highest BCUT2D eigenvalue weighted by molar-refractivity contribution is 5.89. The summed E-state index contributed by atoms with van der Waals surface area (Å²) in [6.07, 6.45) is -0.335. The van der Waals surface area contributed by atoms with E-state index < -0.39 is 5.60 Å². The Kier molecular flexibility index (Phi) is 5.26. The van der Waals surface area contributed by atoms with Crippen LogP contribution in [-0.2, 0) is 9.57 Å². The Balaban J connectivity index is 1.89. The first kappa shape index (κ1) is 17.3. The van der Waals surface area contributed by atoms with Crippen LogP contribution in [0.2, 0.25) is 0 Å². The van der Waals surface area contributed by atoms with Crippen LogP contribution in [0.1, 0.15) is 38.1 Å². The largest absolute Gasteiger partial charge is 0.444 e. The van der Waals surface area contributed by atoms with E-state index in [9.17, 15) is 9.59 Å². The topological polar surface area (TPSA) is 59.1 Å². The normalized spacial score (nSPS) is 19.3. The molecular formula is C17H24N2O4. The van der Waals surface area contributed by atoms with E-state index in [-0.39, 0.29) is 18.1 Å². The van der Waals surface area contributed by atoms with E-state index in [4.69, 9.17) is 9.57 Å². The van der Waals surface area contributed by atoms with E-state index in [0.29, 0.717) is 25.2 Å². The van der Waals surface area contributed by atoms with E-state index >= 15 is 0 Å². The summed E-state index contributed by atoms with van der Waals surface area (Å²) < 4.78 is 5.37. The minimum atomic E-state index is -0.517. The fourth-order valence-corrected chi connectivity index (χ4v) is 2.30. The third kappa shape index (κ3) is 4.96.